The van der Waals surface area contributed by atoms with Gasteiger partial charge in [0.1, 0.15) is 0 Å². The molecule has 0 spiro atoms. The minimum Gasteiger partial charge on any atom is -0.462 e. The molecule has 7 nitrogen and oxygen atoms in total. The van der Waals surface area contributed by atoms with E-state index < -0.39 is 16.0 Å². The summed E-state index contributed by atoms with van der Waals surface area (Å²) in [5, 5.41) is 0. The van der Waals surface area contributed by atoms with Gasteiger partial charge in [-0.15, -0.1) is 0 Å². The minimum atomic E-state index is -3.82. The summed E-state index contributed by atoms with van der Waals surface area (Å²) in [5.74, 6) is -0.427. The number of hydrogen-bond acceptors (Lipinski definition) is 5. The van der Waals surface area contributed by atoms with E-state index in [2.05, 4.69) is 20.7 Å². The summed E-state index contributed by atoms with van der Waals surface area (Å²) in [4.78, 5) is 25.7. The number of rotatable bonds is 7. The summed E-state index contributed by atoms with van der Waals surface area (Å²) in [6, 6.07) is 11.5. The van der Waals surface area contributed by atoms with Crippen molar-refractivity contribution in [3.63, 3.8) is 0 Å². The number of anilines is 1. The molecule has 0 aromatic heterocycles. The molecule has 2 aromatic rings. The van der Waals surface area contributed by atoms with Crippen LogP contribution in [0.3, 0.4) is 0 Å². The van der Waals surface area contributed by atoms with Crippen molar-refractivity contribution < 1.29 is 22.7 Å². The lowest BCUT2D eigenvalue weighted by Crippen LogP contribution is -2.35. The second-order valence-electron chi connectivity index (χ2n) is 6.86. The van der Waals surface area contributed by atoms with E-state index in [4.69, 9.17) is 4.74 Å². The van der Waals surface area contributed by atoms with Crippen LogP contribution in [-0.4, -0.2) is 33.4 Å². The van der Waals surface area contributed by atoms with Crippen LogP contribution in [0.2, 0.25) is 0 Å². The summed E-state index contributed by atoms with van der Waals surface area (Å²) >= 11 is 3.23. The molecular weight excluding hydrogens is 472 g/mol. The van der Waals surface area contributed by atoms with Crippen LogP contribution in [0.4, 0.5) is 5.69 Å². The monoisotopic (exact) mass is 494 g/mol. The fourth-order valence-corrected chi connectivity index (χ4v) is 5.32. The van der Waals surface area contributed by atoms with Crippen LogP contribution < -0.4 is 9.62 Å². The molecule has 1 N–H and O–H groups in total. The van der Waals surface area contributed by atoms with Gasteiger partial charge in [0.15, 0.2) is 0 Å². The van der Waals surface area contributed by atoms with Gasteiger partial charge in [-0.05, 0) is 71.6 Å². The first-order valence-electron chi connectivity index (χ1n) is 9.67. The summed E-state index contributed by atoms with van der Waals surface area (Å²) in [6.45, 7) is 2.68. The molecule has 1 aliphatic heterocycles. The Morgan fingerprint density at radius 1 is 1.20 bits per heavy atom. The molecule has 2 aromatic carbocycles. The molecule has 1 amide bonds. The maximum atomic E-state index is 12.8. The van der Waals surface area contributed by atoms with E-state index >= 15 is 0 Å². The van der Waals surface area contributed by atoms with Gasteiger partial charge in [0.05, 0.1) is 17.1 Å². The third-order valence-electron chi connectivity index (χ3n) is 4.74. The van der Waals surface area contributed by atoms with Gasteiger partial charge in [0.2, 0.25) is 15.9 Å². The zero-order chi connectivity index (χ0) is 21.7. The topological polar surface area (TPSA) is 92.8 Å². The molecule has 0 aliphatic carbocycles. The lowest BCUT2D eigenvalue weighted by atomic mass is 10.1. The predicted molar refractivity (Wildman–Crippen MR) is 117 cm³/mol. The molecular formula is C21H23BrN2O5S. The van der Waals surface area contributed by atoms with Crippen molar-refractivity contribution in [2.45, 2.75) is 37.6 Å². The molecule has 3 rings (SSSR count). The lowest BCUT2D eigenvalue weighted by molar-refractivity contribution is -0.119. The first-order chi connectivity index (χ1) is 14.3. The fraction of sp³-hybridized carbons (Fsp3) is 0.333. The van der Waals surface area contributed by atoms with Crippen molar-refractivity contribution in [2.24, 2.45) is 0 Å². The van der Waals surface area contributed by atoms with Crippen LogP contribution in [0, 0.1) is 0 Å². The van der Waals surface area contributed by atoms with Gasteiger partial charge >= 0.3 is 5.97 Å². The third kappa shape index (κ3) is 5.27. The van der Waals surface area contributed by atoms with E-state index in [1.165, 1.54) is 18.2 Å². The number of benzene rings is 2. The van der Waals surface area contributed by atoms with Crippen molar-refractivity contribution in [1.29, 1.82) is 0 Å². The number of nitrogens with zero attached hydrogens (tertiary/aromatic N) is 1. The summed E-state index contributed by atoms with van der Waals surface area (Å²) in [5.41, 5.74) is 1.78. The molecule has 9 heteroatoms. The molecule has 0 bridgehead atoms. The maximum absolute atomic E-state index is 12.8. The highest BCUT2D eigenvalue weighted by atomic mass is 79.9. The average Bonchev–Trinajstić information content (AvgIpc) is 2.73. The van der Waals surface area contributed by atoms with Crippen LogP contribution in [0.15, 0.2) is 51.8 Å². The lowest BCUT2D eigenvalue weighted by Gasteiger charge is -2.27. The van der Waals surface area contributed by atoms with E-state index in [9.17, 15) is 18.0 Å². The van der Waals surface area contributed by atoms with Crippen molar-refractivity contribution in [3.05, 3.63) is 58.1 Å². The number of carbonyl (C=O) groups excluding carboxylic acids is 2. The SMILES string of the molecule is CCOC(=O)c1ccc(S(=O)(=O)NCc2cccc(N3CCCCC3=O)c2)c(Br)c1. The maximum Gasteiger partial charge on any atom is 0.338 e. The molecule has 1 heterocycles. The number of halogens is 1. The predicted octanol–water partition coefficient (Wildman–Crippen LogP) is 3.62. The first-order valence-corrected chi connectivity index (χ1v) is 11.9. The summed E-state index contributed by atoms with van der Waals surface area (Å²) in [6.07, 6.45) is 2.39. The Bertz CT molecular complexity index is 1060. The Balaban J connectivity index is 1.73. The number of nitrogens with one attached hydrogen (secondary N) is 1. The molecule has 0 atom stereocenters. The minimum absolute atomic E-state index is 0.0258. The number of ether oxygens (including phenoxy) is 1. The second kappa shape index (κ2) is 9.72. The molecule has 1 fully saturated rings. The summed E-state index contributed by atoms with van der Waals surface area (Å²) < 4.78 is 33.3. The van der Waals surface area contributed by atoms with E-state index in [0.29, 0.717) is 13.0 Å². The van der Waals surface area contributed by atoms with Gasteiger partial charge in [0.25, 0.3) is 0 Å². The van der Waals surface area contributed by atoms with Crippen LogP contribution >= 0.6 is 15.9 Å². The van der Waals surface area contributed by atoms with Gasteiger partial charge in [-0.2, -0.15) is 0 Å². The Morgan fingerprint density at radius 2 is 2.00 bits per heavy atom. The Hall–Kier alpha value is -2.23. The smallest absolute Gasteiger partial charge is 0.338 e. The largest absolute Gasteiger partial charge is 0.462 e. The Labute approximate surface area is 184 Å². The molecule has 0 saturated carbocycles. The second-order valence-corrected chi connectivity index (χ2v) is 9.45. The molecule has 0 unspecified atom stereocenters. The Morgan fingerprint density at radius 3 is 2.70 bits per heavy atom. The van der Waals surface area contributed by atoms with Crippen molar-refractivity contribution in [2.75, 3.05) is 18.1 Å². The highest BCUT2D eigenvalue weighted by molar-refractivity contribution is 9.10. The van der Waals surface area contributed by atoms with Crippen LogP contribution in [-0.2, 0) is 26.1 Å². The van der Waals surface area contributed by atoms with Gasteiger partial charge in [-0.3, -0.25) is 4.79 Å². The highest BCUT2D eigenvalue weighted by Gasteiger charge is 2.21. The number of sulfonamides is 1. The van der Waals surface area contributed by atoms with Crippen molar-refractivity contribution >= 4 is 43.5 Å². The average molecular weight is 495 g/mol. The molecule has 160 valence electrons. The van der Waals surface area contributed by atoms with E-state index in [1.54, 1.807) is 17.9 Å². The van der Waals surface area contributed by atoms with Gasteiger partial charge < -0.3 is 9.64 Å². The molecule has 1 saturated heterocycles. The number of piperidine rings is 1. The van der Waals surface area contributed by atoms with Gasteiger partial charge in [0, 0.05) is 29.7 Å². The fourth-order valence-electron chi connectivity index (χ4n) is 3.23. The van der Waals surface area contributed by atoms with Gasteiger partial charge in [-0.1, -0.05) is 12.1 Å². The highest BCUT2D eigenvalue weighted by Crippen LogP contribution is 2.25. The van der Waals surface area contributed by atoms with Crippen LogP contribution in [0.5, 0.6) is 0 Å². The first kappa shape index (κ1) is 22.5. The zero-order valence-electron chi connectivity index (χ0n) is 16.6. The van der Waals surface area contributed by atoms with Crippen molar-refractivity contribution in [3.8, 4) is 0 Å². The van der Waals surface area contributed by atoms with Crippen LogP contribution in [0.25, 0.3) is 0 Å². The van der Waals surface area contributed by atoms with E-state index in [0.717, 1.165) is 24.1 Å². The number of hydrogen-bond donors (Lipinski definition) is 1. The number of amides is 1. The summed E-state index contributed by atoms with van der Waals surface area (Å²) in [7, 11) is -3.82. The number of carbonyl (C=O) groups is 2. The third-order valence-corrected chi connectivity index (χ3v) is 7.12. The standard InChI is InChI=1S/C21H23BrN2O5S/c1-2-29-21(26)16-9-10-19(18(22)13-16)30(27,28)23-14-15-6-5-7-17(12-15)24-11-4-3-8-20(24)25/h5-7,9-10,12-13,23H,2-4,8,11,14H2,1H3. The quantitative estimate of drug-likeness (QED) is 0.593. The van der Waals surface area contributed by atoms with E-state index in [1.807, 2.05) is 18.2 Å². The van der Waals surface area contributed by atoms with Crippen molar-refractivity contribution in [1.82, 2.24) is 4.72 Å². The normalized spacial score (nSPS) is 14.6. The molecule has 0 radical (unpaired) electrons. The zero-order valence-corrected chi connectivity index (χ0v) is 19.0. The number of esters is 1. The van der Waals surface area contributed by atoms with Gasteiger partial charge in [-0.25, -0.2) is 17.9 Å². The van der Waals surface area contributed by atoms with E-state index in [-0.39, 0.29) is 34.0 Å². The molecule has 1 aliphatic rings. The van der Waals surface area contributed by atoms with Crippen LogP contribution in [0.1, 0.15) is 42.1 Å². The molecule has 30 heavy (non-hydrogen) atoms. The Kier molecular flexibility index (Phi) is 7.27.